The predicted octanol–water partition coefficient (Wildman–Crippen LogP) is 5.75. The van der Waals surface area contributed by atoms with Gasteiger partial charge in [0.15, 0.2) is 0 Å². The fourth-order valence-corrected chi connectivity index (χ4v) is 6.72. The number of pyridine rings is 1. The number of hydrogen-bond donors (Lipinski definition) is 2. The van der Waals surface area contributed by atoms with Crippen LogP contribution >= 0.6 is 11.6 Å². The lowest BCUT2D eigenvalue weighted by molar-refractivity contribution is 0.221. The summed E-state index contributed by atoms with van der Waals surface area (Å²) >= 11 is 6.10. The van der Waals surface area contributed by atoms with Crippen LogP contribution in [0.15, 0.2) is 59.6 Å². The van der Waals surface area contributed by atoms with Gasteiger partial charge in [-0.3, -0.25) is 4.72 Å². The van der Waals surface area contributed by atoms with Gasteiger partial charge < -0.3 is 15.0 Å². The van der Waals surface area contributed by atoms with E-state index in [4.69, 9.17) is 21.3 Å². The third-order valence-corrected chi connectivity index (χ3v) is 9.22. The number of hydrogen-bond acceptors (Lipinski definition) is 8. The molecular formula is C29H33ClN6O3S. The number of fused-ring (bicyclic) bond motifs is 1. The van der Waals surface area contributed by atoms with E-state index in [1.165, 1.54) is 19.2 Å². The Morgan fingerprint density at radius 1 is 1.02 bits per heavy atom. The average Bonchev–Trinajstić information content (AvgIpc) is 2.93. The maximum atomic E-state index is 12.9. The van der Waals surface area contributed by atoms with Crippen molar-refractivity contribution in [1.82, 2.24) is 19.9 Å². The molecule has 1 aliphatic rings. The number of sulfonamides is 1. The fourth-order valence-electron chi connectivity index (χ4n) is 5.20. The van der Waals surface area contributed by atoms with Gasteiger partial charge in [-0.25, -0.2) is 18.4 Å². The third kappa shape index (κ3) is 5.99. The van der Waals surface area contributed by atoms with E-state index in [-0.39, 0.29) is 21.6 Å². The van der Waals surface area contributed by atoms with E-state index >= 15 is 0 Å². The Bertz CT molecular complexity index is 1640. The van der Waals surface area contributed by atoms with E-state index in [2.05, 4.69) is 39.0 Å². The average molecular weight is 581 g/mol. The molecule has 1 aliphatic carbocycles. The number of nitrogens with zero attached hydrogens (tertiary/aromatic N) is 4. The van der Waals surface area contributed by atoms with Crippen LogP contribution in [0.3, 0.4) is 0 Å². The zero-order chi connectivity index (χ0) is 28.4. The minimum atomic E-state index is -3.93. The van der Waals surface area contributed by atoms with Crippen LogP contribution in [-0.4, -0.2) is 61.6 Å². The van der Waals surface area contributed by atoms with Gasteiger partial charge in [0.1, 0.15) is 10.7 Å². The molecule has 0 radical (unpaired) electrons. The number of nitrogens with one attached hydrogen (secondary N) is 2. The summed E-state index contributed by atoms with van der Waals surface area (Å²) in [5.41, 5.74) is 3.44. The molecule has 5 rings (SSSR count). The van der Waals surface area contributed by atoms with Gasteiger partial charge in [0.2, 0.25) is 11.8 Å². The van der Waals surface area contributed by atoms with Crippen LogP contribution < -0.4 is 14.8 Å². The van der Waals surface area contributed by atoms with Crippen molar-refractivity contribution in [3.8, 4) is 17.0 Å². The van der Waals surface area contributed by atoms with Crippen molar-refractivity contribution in [2.24, 2.45) is 0 Å². The number of aryl methyl sites for hydroxylation is 1. The Labute approximate surface area is 240 Å². The second-order valence-corrected chi connectivity index (χ2v) is 12.4. The van der Waals surface area contributed by atoms with Crippen molar-refractivity contribution < 1.29 is 13.2 Å². The molecule has 40 heavy (non-hydrogen) atoms. The molecule has 210 valence electrons. The Morgan fingerprint density at radius 3 is 2.48 bits per heavy atom. The first-order valence-electron chi connectivity index (χ1n) is 13.2. The summed E-state index contributed by atoms with van der Waals surface area (Å²) in [4.78, 5) is 16.1. The van der Waals surface area contributed by atoms with Gasteiger partial charge in [-0.1, -0.05) is 23.7 Å². The SMILES string of the molecule is COc1nc(NS(=O)(=O)c2ccccc2Cl)ccc1-c1cc(C)c2nc(NC3CCC(N(C)C)CC3)ncc2c1. The van der Waals surface area contributed by atoms with Crippen LogP contribution in [0.4, 0.5) is 11.8 Å². The van der Waals surface area contributed by atoms with Crippen molar-refractivity contribution in [2.75, 3.05) is 31.2 Å². The van der Waals surface area contributed by atoms with Crippen LogP contribution in [-0.2, 0) is 10.0 Å². The van der Waals surface area contributed by atoms with Gasteiger partial charge in [-0.05, 0) is 94.2 Å². The number of halogens is 1. The van der Waals surface area contributed by atoms with Gasteiger partial charge in [-0.2, -0.15) is 4.98 Å². The quantitative estimate of drug-likeness (QED) is 0.271. The summed E-state index contributed by atoms with van der Waals surface area (Å²) in [6.45, 7) is 2.01. The Balaban J connectivity index is 1.37. The summed E-state index contributed by atoms with van der Waals surface area (Å²) < 4.78 is 33.8. The standard InChI is InChI=1S/C29H33ClN6O3S/c1-18-15-19(16-20-17-31-29(34-27(18)20)32-21-9-11-22(12-10-21)36(2)3)23-13-14-26(33-28(23)39-4)35-40(37,38)25-8-6-5-7-24(25)30/h5-8,13-17,21-22H,9-12H2,1-4H3,(H,33,35)(H,31,32,34). The van der Waals surface area contributed by atoms with Crippen LogP contribution in [0.25, 0.3) is 22.0 Å². The van der Waals surface area contributed by atoms with Crippen molar-refractivity contribution >= 4 is 44.3 Å². The topological polar surface area (TPSA) is 109 Å². The molecule has 2 N–H and O–H groups in total. The molecule has 9 nitrogen and oxygen atoms in total. The van der Waals surface area contributed by atoms with Gasteiger partial charge in [-0.15, -0.1) is 0 Å². The fraction of sp³-hybridized carbons (Fsp3) is 0.345. The van der Waals surface area contributed by atoms with Crippen LogP contribution in [0.5, 0.6) is 5.88 Å². The summed E-state index contributed by atoms with van der Waals surface area (Å²) in [6.07, 6.45) is 6.35. The summed E-state index contributed by atoms with van der Waals surface area (Å²) in [5, 5.41) is 4.55. The third-order valence-electron chi connectivity index (χ3n) is 7.36. The molecule has 1 saturated carbocycles. The lowest BCUT2D eigenvalue weighted by Crippen LogP contribution is -2.36. The highest BCUT2D eigenvalue weighted by Crippen LogP contribution is 2.34. The van der Waals surface area contributed by atoms with Crippen molar-refractivity contribution in [1.29, 1.82) is 0 Å². The highest BCUT2D eigenvalue weighted by Gasteiger charge is 2.23. The molecule has 0 aliphatic heterocycles. The summed E-state index contributed by atoms with van der Waals surface area (Å²) in [7, 11) is 1.86. The Hall–Kier alpha value is -3.47. The van der Waals surface area contributed by atoms with Crippen LogP contribution in [0.2, 0.25) is 5.02 Å². The maximum absolute atomic E-state index is 12.9. The number of rotatable bonds is 8. The minimum absolute atomic E-state index is 0.0261. The smallest absolute Gasteiger partial charge is 0.264 e. The number of anilines is 2. The largest absolute Gasteiger partial charge is 0.480 e. The molecule has 2 aromatic carbocycles. The highest BCUT2D eigenvalue weighted by atomic mass is 35.5. The number of ether oxygens (including phenoxy) is 1. The molecule has 0 bridgehead atoms. The predicted molar refractivity (Wildman–Crippen MR) is 160 cm³/mol. The first-order chi connectivity index (χ1) is 19.1. The van der Waals surface area contributed by atoms with Crippen molar-refractivity contribution in [2.45, 2.75) is 49.6 Å². The molecule has 0 unspecified atom stereocenters. The molecule has 2 heterocycles. The van der Waals surface area contributed by atoms with E-state index in [9.17, 15) is 8.42 Å². The van der Waals surface area contributed by atoms with Crippen LogP contribution in [0.1, 0.15) is 31.2 Å². The number of methoxy groups -OCH3 is 1. The van der Waals surface area contributed by atoms with Gasteiger partial charge in [0.25, 0.3) is 10.0 Å². The van der Waals surface area contributed by atoms with Crippen molar-refractivity contribution in [3.05, 3.63) is 65.3 Å². The minimum Gasteiger partial charge on any atom is -0.480 e. The number of benzene rings is 2. The molecule has 11 heteroatoms. The summed E-state index contributed by atoms with van der Waals surface area (Å²) in [5.74, 6) is 1.05. The molecule has 2 aromatic heterocycles. The molecule has 4 aromatic rings. The normalized spacial score (nSPS) is 17.6. The monoisotopic (exact) mass is 580 g/mol. The molecule has 0 saturated heterocycles. The zero-order valence-corrected chi connectivity index (χ0v) is 24.6. The molecular weight excluding hydrogens is 548 g/mol. The van der Waals surface area contributed by atoms with Gasteiger partial charge >= 0.3 is 0 Å². The Morgan fingerprint density at radius 2 is 1.77 bits per heavy atom. The molecule has 0 spiro atoms. The van der Waals surface area contributed by atoms with Gasteiger partial charge in [0.05, 0.1) is 17.6 Å². The van der Waals surface area contributed by atoms with E-state index in [0.29, 0.717) is 23.6 Å². The highest BCUT2D eigenvalue weighted by molar-refractivity contribution is 7.92. The zero-order valence-electron chi connectivity index (χ0n) is 23.0. The molecule has 0 amide bonds. The summed E-state index contributed by atoms with van der Waals surface area (Å²) in [6, 6.07) is 14.6. The second-order valence-electron chi connectivity index (χ2n) is 10.3. The lowest BCUT2D eigenvalue weighted by Gasteiger charge is -2.32. The van der Waals surface area contributed by atoms with Gasteiger partial charge in [0, 0.05) is 29.2 Å². The Kier molecular flexibility index (Phi) is 8.11. The molecule has 1 fully saturated rings. The van der Waals surface area contributed by atoms with E-state index in [0.717, 1.165) is 47.7 Å². The molecule has 0 atom stereocenters. The van der Waals surface area contributed by atoms with E-state index in [1.807, 2.05) is 25.3 Å². The van der Waals surface area contributed by atoms with E-state index in [1.54, 1.807) is 24.3 Å². The van der Waals surface area contributed by atoms with Crippen molar-refractivity contribution in [3.63, 3.8) is 0 Å². The first kappa shape index (κ1) is 28.1. The van der Waals surface area contributed by atoms with Crippen LogP contribution in [0, 0.1) is 6.92 Å². The lowest BCUT2D eigenvalue weighted by atomic mass is 9.90. The maximum Gasteiger partial charge on any atom is 0.264 e. The first-order valence-corrected chi connectivity index (χ1v) is 15.0. The van der Waals surface area contributed by atoms with E-state index < -0.39 is 10.0 Å². The second kappa shape index (κ2) is 11.6. The number of aromatic nitrogens is 3.